The fourth-order valence-electron chi connectivity index (χ4n) is 0.875. The maximum Gasteiger partial charge on any atom is 0.408 e. The molecule has 0 aromatic rings. The van der Waals surface area contributed by atoms with E-state index in [0.717, 1.165) is 0 Å². The summed E-state index contributed by atoms with van der Waals surface area (Å²) in [7, 11) is 0. The molecule has 0 saturated heterocycles. The minimum atomic E-state index is -1.07. The van der Waals surface area contributed by atoms with Gasteiger partial charge in [0.25, 0.3) is 0 Å². The van der Waals surface area contributed by atoms with Gasteiger partial charge in [0.05, 0.1) is 0 Å². The highest BCUT2D eigenvalue weighted by atomic mass is 16.6. The molecule has 0 heterocycles. The fourth-order valence-corrected chi connectivity index (χ4v) is 0.875. The maximum absolute atomic E-state index is 11.3. The van der Waals surface area contributed by atoms with Gasteiger partial charge in [0.2, 0.25) is 5.91 Å². The first-order valence-electron chi connectivity index (χ1n) is 4.94. The summed E-state index contributed by atoms with van der Waals surface area (Å²) in [5.41, 5.74) is 9.17. The predicted molar refractivity (Wildman–Crippen MR) is 59.9 cm³/mol. The molecule has 1 unspecified atom stereocenters. The van der Waals surface area contributed by atoms with Gasteiger partial charge in [-0.1, -0.05) is 0 Å². The average molecular weight is 246 g/mol. The number of carbonyl (C=O) groups excluding carboxylic acids is 3. The number of alkyl carbamates (subject to hydrolysis) is 1. The van der Waals surface area contributed by atoms with Crippen LogP contribution in [0.4, 0.5) is 9.59 Å². The number of hydrogen-bond acceptors (Lipinski definition) is 4. The van der Waals surface area contributed by atoms with Crippen LogP contribution in [0.1, 0.15) is 20.8 Å². The molecular weight excluding hydrogens is 228 g/mol. The molecule has 0 aromatic carbocycles. The summed E-state index contributed by atoms with van der Waals surface area (Å²) >= 11 is 0. The van der Waals surface area contributed by atoms with Crippen LogP contribution in [-0.2, 0) is 9.53 Å². The van der Waals surface area contributed by atoms with Crippen molar-refractivity contribution in [1.82, 2.24) is 10.6 Å². The van der Waals surface area contributed by atoms with Crippen molar-refractivity contribution in [3.05, 3.63) is 0 Å². The Labute approximate surface area is 99.0 Å². The lowest BCUT2D eigenvalue weighted by Gasteiger charge is -2.22. The molecule has 17 heavy (non-hydrogen) atoms. The van der Waals surface area contributed by atoms with Crippen molar-refractivity contribution in [3.63, 3.8) is 0 Å². The standard InChI is InChI=1S/C9H18N4O4/c1-9(2,3)17-8(16)13-5(6(10)14)4-12-7(11)15/h5H,4H2,1-3H3,(H2,10,14)(H,13,16)(H3,11,12,15). The number of hydrogen-bond donors (Lipinski definition) is 4. The summed E-state index contributed by atoms with van der Waals surface area (Å²) in [6, 6.07) is -1.89. The number of ether oxygens (including phenoxy) is 1. The maximum atomic E-state index is 11.3. The molecule has 8 heteroatoms. The van der Waals surface area contributed by atoms with Gasteiger partial charge in [0.1, 0.15) is 11.6 Å². The number of rotatable bonds is 4. The van der Waals surface area contributed by atoms with Gasteiger partial charge >= 0.3 is 12.1 Å². The molecule has 8 nitrogen and oxygen atoms in total. The third kappa shape index (κ3) is 7.88. The van der Waals surface area contributed by atoms with Gasteiger partial charge in [-0.25, -0.2) is 9.59 Å². The molecule has 0 aliphatic rings. The molecule has 98 valence electrons. The molecular formula is C9H18N4O4. The minimum absolute atomic E-state index is 0.191. The Kier molecular flexibility index (Phi) is 5.23. The summed E-state index contributed by atoms with van der Waals surface area (Å²) < 4.78 is 4.92. The van der Waals surface area contributed by atoms with E-state index in [9.17, 15) is 14.4 Å². The van der Waals surface area contributed by atoms with Gasteiger partial charge in [-0.15, -0.1) is 0 Å². The van der Waals surface area contributed by atoms with Crippen LogP contribution in [0.2, 0.25) is 0 Å². The zero-order valence-electron chi connectivity index (χ0n) is 10.1. The van der Waals surface area contributed by atoms with Crippen molar-refractivity contribution < 1.29 is 19.1 Å². The number of carbonyl (C=O) groups is 3. The highest BCUT2D eigenvalue weighted by molar-refractivity contribution is 5.85. The van der Waals surface area contributed by atoms with E-state index in [1.807, 2.05) is 0 Å². The second-order valence-electron chi connectivity index (χ2n) is 4.35. The van der Waals surface area contributed by atoms with Gasteiger partial charge < -0.3 is 26.8 Å². The van der Waals surface area contributed by atoms with Crippen LogP contribution in [0.3, 0.4) is 0 Å². The Bertz CT molecular complexity index is 311. The first kappa shape index (κ1) is 15.0. The van der Waals surface area contributed by atoms with Crippen molar-refractivity contribution in [3.8, 4) is 0 Å². The number of nitrogens with two attached hydrogens (primary N) is 2. The molecule has 4 amide bonds. The Balaban J connectivity index is 4.30. The molecule has 1 atom stereocenters. The van der Waals surface area contributed by atoms with E-state index in [0.29, 0.717) is 0 Å². The average Bonchev–Trinajstić information content (AvgIpc) is 2.08. The van der Waals surface area contributed by atoms with Crippen molar-refractivity contribution in [2.24, 2.45) is 11.5 Å². The molecule has 0 spiro atoms. The Morgan fingerprint density at radius 1 is 1.24 bits per heavy atom. The van der Waals surface area contributed by atoms with Crippen molar-refractivity contribution in [2.75, 3.05) is 6.54 Å². The van der Waals surface area contributed by atoms with Gasteiger partial charge in [-0.3, -0.25) is 4.79 Å². The van der Waals surface area contributed by atoms with Crippen LogP contribution in [0.5, 0.6) is 0 Å². The smallest absolute Gasteiger partial charge is 0.408 e. The van der Waals surface area contributed by atoms with Gasteiger partial charge in [-0.2, -0.15) is 0 Å². The van der Waals surface area contributed by atoms with E-state index in [4.69, 9.17) is 16.2 Å². The van der Waals surface area contributed by atoms with E-state index in [-0.39, 0.29) is 6.54 Å². The Morgan fingerprint density at radius 3 is 2.12 bits per heavy atom. The second-order valence-corrected chi connectivity index (χ2v) is 4.35. The monoisotopic (exact) mass is 246 g/mol. The lowest BCUT2D eigenvalue weighted by molar-refractivity contribution is -0.119. The summed E-state index contributed by atoms with van der Waals surface area (Å²) in [6.45, 7) is 4.83. The van der Waals surface area contributed by atoms with E-state index < -0.39 is 29.7 Å². The predicted octanol–water partition coefficient (Wildman–Crippen LogP) is -0.967. The van der Waals surface area contributed by atoms with Crippen LogP contribution in [0.25, 0.3) is 0 Å². The van der Waals surface area contributed by atoms with Crippen LogP contribution in [0.15, 0.2) is 0 Å². The summed E-state index contributed by atoms with van der Waals surface area (Å²) in [4.78, 5) is 32.8. The second kappa shape index (κ2) is 5.92. The SMILES string of the molecule is CC(C)(C)OC(=O)NC(CNC(N)=O)C(N)=O. The largest absolute Gasteiger partial charge is 0.444 e. The quantitative estimate of drug-likeness (QED) is 0.507. The molecule has 0 rings (SSSR count). The molecule has 0 radical (unpaired) electrons. The van der Waals surface area contributed by atoms with Crippen molar-refractivity contribution in [1.29, 1.82) is 0 Å². The van der Waals surface area contributed by atoms with Crippen LogP contribution in [-0.4, -0.2) is 36.2 Å². The lowest BCUT2D eigenvalue weighted by Crippen LogP contribution is -2.52. The van der Waals surface area contributed by atoms with Crippen LogP contribution < -0.4 is 22.1 Å². The number of amides is 4. The fraction of sp³-hybridized carbons (Fsp3) is 0.667. The molecule has 0 aliphatic carbocycles. The Morgan fingerprint density at radius 2 is 1.76 bits per heavy atom. The topological polar surface area (TPSA) is 137 Å². The Hall–Kier alpha value is -1.99. The zero-order chi connectivity index (χ0) is 13.6. The summed E-state index contributed by atoms with van der Waals surface area (Å²) in [5.74, 6) is -0.801. The number of primary amides is 2. The van der Waals surface area contributed by atoms with Crippen LogP contribution >= 0.6 is 0 Å². The molecule has 0 aromatic heterocycles. The first-order valence-corrected chi connectivity index (χ1v) is 4.94. The summed E-state index contributed by atoms with van der Waals surface area (Å²) in [5, 5.41) is 4.39. The van der Waals surface area contributed by atoms with E-state index in [1.54, 1.807) is 20.8 Å². The minimum Gasteiger partial charge on any atom is -0.444 e. The molecule has 0 saturated carbocycles. The van der Waals surface area contributed by atoms with E-state index >= 15 is 0 Å². The third-order valence-corrected chi connectivity index (χ3v) is 1.51. The lowest BCUT2D eigenvalue weighted by atomic mass is 10.2. The van der Waals surface area contributed by atoms with Crippen LogP contribution in [0, 0.1) is 0 Å². The van der Waals surface area contributed by atoms with Crippen molar-refractivity contribution in [2.45, 2.75) is 32.4 Å². The first-order chi connectivity index (χ1) is 7.61. The van der Waals surface area contributed by atoms with Gasteiger partial charge in [0, 0.05) is 6.54 Å². The summed E-state index contributed by atoms with van der Waals surface area (Å²) in [6.07, 6.45) is -0.799. The highest BCUT2D eigenvalue weighted by Crippen LogP contribution is 2.06. The van der Waals surface area contributed by atoms with Gasteiger partial charge in [-0.05, 0) is 20.8 Å². The molecule has 0 bridgehead atoms. The third-order valence-electron chi connectivity index (χ3n) is 1.51. The highest BCUT2D eigenvalue weighted by Gasteiger charge is 2.22. The normalized spacial score (nSPS) is 12.4. The number of nitrogens with one attached hydrogen (secondary N) is 2. The molecule has 6 N–H and O–H groups in total. The molecule has 0 fully saturated rings. The van der Waals surface area contributed by atoms with E-state index in [2.05, 4.69) is 10.6 Å². The van der Waals surface area contributed by atoms with Crippen molar-refractivity contribution >= 4 is 18.0 Å². The van der Waals surface area contributed by atoms with E-state index in [1.165, 1.54) is 0 Å². The zero-order valence-corrected chi connectivity index (χ0v) is 10.1. The molecule has 0 aliphatic heterocycles. The number of urea groups is 1. The van der Waals surface area contributed by atoms with Gasteiger partial charge in [0.15, 0.2) is 0 Å².